The highest BCUT2D eigenvalue weighted by Crippen LogP contribution is 2.07. The molecule has 0 bridgehead atoms. The van der Waals surface area contributed by atoms with E-state index in [4.69, 9.17) is 5.73 Å². The van der Waals surface area contributed by atoms with Gasteiger partial charge in [0.05, 0.1) is 5.69 Å². The summed E-state index contributed by atoms with van der Waals surface area (Å²) in [7, 11) is 0. The number of benzene rings is 1. The van der Waals surface area contributed by atoms with Gasteiger partial charge in [-0.2, -0.15) is 5.10 Å². The second-order valence-electron chi connectivity index (χ2n) is 4.83. The van der Waals surface area contributed by atoms with Crippen molar-refractivity contribution in [1.82, 2.24) is 15.1 Å². The minimum Gasteiger partial charge on any atom is -0.350 e. The molecular weight excluding hydrogens is 252 g/mol. The quantitative estimate of drug-likeness (QED) is 0.861. The van der Waals surface area contributed by atoms with Crippen LogP contribution in [-0.2, 0) is 24.4 Å². The maximum absolute atomic E-state index is 11.9. The van der Waals surface area contributed by atoms with E-state index in [1.807, 2.05) is 44.2 Å². The van der Waals surface area contributed by atoms with E-state index in [-0.39, 0.29) is 12.5 Å². The normalized spacial score (nSPS) is 10.6. The Morgan fingerprint density at radius 1 is 1.30 bits per heavy atom. The standard InChI is InChI=1S/C15H20N4O/c1-11-7-12(2)19(18-11)10-15(20)17-9-14-6-4-3-5-13(14)8-16/h3-7H,8-10,16H2,1-2H3,(H,17,20). The van der Waals surface area contributed by atoms with Crippen LogP contribution >= 0.6 is 0 Å². The van der Waals surface area contributed by atoms with Gasteiger partial charge in [0.2, 0.25) is 5.91 Å². The molecule has 2 rings (SSSR count). The average molecular weight is 272 g/mol. The molecular formula is C15H20N4O. The zero-order valence-corrected chi connectivity index (χ0v) is 11.9. The second-order valence-corrected chi connectivity index (χ2v) is 4.83. The molecule has 5 heteroatoms. The molecule has 0 atom stereocenters. The third kappa shape index (κ3) is 3.45. The molecule has 0 unspecified atom stereocenters. The van der Waals surface area contributed by atoms with Gasteiger partial charge in [-0.15, -0.1) is 0 Å². The van der Waals surface area contributed by atoms with Crippen LogP contribution in [0.2, 0.25) is 0 Å². The topological polar surface area (TPSA) is 72.9 Å². The van der Waals surface area contributed by atoms with Crippen LogP contribution < -0.4 is 11.1 Å². The van der Waals surface area contributed by atoms with E-state index in [1.54, 1.807) is 4.68 Å². The summed E-state index contributed by atoms with van der Waals surface area (Å²) in [5, 5.41) is 7.18. The molecule has 1 heterocycles. The first-order chi connectivity index (χ1) is 9.60. The molecule has 2 aromatic rings. The van der Waals surface area contributed by atoms with Crippen LogP contribution in [0.25, 0.3) is 0 Å². The number of nitrogens with two attached hydrogens (primary N) is 1. The Hall–Kier alpha value is -2.14. The van der Waals surface area contributed by atoms with Gasteiger partial charge in [-0.3, -0.25) is 9.48 Å². The first-order valence-electron chi connectivity index (χ1n) is 6.64. The Morgan fingerprint density at radius 2 is 2.00 bits per heavy atom. The van der Waals surface area contributed by atoms with Crippen molar-refractivity contribution in [1.29, 1.82) is 0 Å². The molecule has 106 valence electrons. The second kappa shape index (κ2) is 6.34. The molecule has 0 aliphatic rings. The summed E-state index contributed by atoms with van der Waals surface area (Å²) in [6, 6.07) is 9.80. The number of nitrogens with zero attached hydrogens (tertiary/aromatic N) is 2. The highest BCUT2D eigenvalue weighted by Gasteiger charge is 2.07. The number of aryl methyl sites for hydroxylation is 2. The summed E-state index contributed by atoms with van der Waals surface area (Å²) >= 11 is 0. The van der Waals surface area contributed by atoms with E-state index in [2.05, 4.69) is 10.4 Å². The SMILES string of the molecule is Cc1cc(C)n(CC(=O)NCc2ccccc2CN)n1. The van der Waals surface area contributed by atoms with Gasteiger partial charge in [-0.25, -0.2) is 0 Å². The Kier molecular flexibility index (Phi) is 4.53. The van der Waals surface area contributed by atoms with Gasteiger partial charge < -0.3 is 11.1 Å². The monoisotopic (exact) mass is 272 g/mol. The van der Waals surface area contributed by atoms with Gasteiger partial charge in [0.1, 0.15) is 6.54 Å². The number of amides is 1. The Labute approximate surface area is 118 Å². The molecule has 0 radical (unpaired) electrons. The zero-order valence-electron chi connectivity index (χ0n) is 11.9. The molecule has 0 saturated carbocycles. The predicted octanol–water partition coefficient (Wildman–Crippen LogP) is 1.28. The summed E-state index contributed by atoms with van der Waals surface area (Å²) in [5.41, 5.74) is 9.69. The number of carbonyl (C=O) groups excluding carboxylic acids is 1. The molecule has 1 amide bonds. The van der Waals surface area contributed by atoms with Crippen molar-refractivity contribution < 1.29 is 4.79 Å². The van der Waals surface area contributed by atoms with Gasteiger partial charge in [0, 0.05) is 18.8 Å². The molecule has 0 aliphatic heterocycles. The molecule has 1 aromatic carbocycles. The zero-order chi connectivity index (χ0) is 14.5. The highest BCUT2D eigenvalue weighted by molar-refractivity contribution is 5.75. The van der Waals surface area contributed by atoms with Crippen molar-refractivity contribution in [3.8, 4) is 0 Å². The van der Waals surface area contributed by atoms with Gasteiger partial charge in [-0.05, 0) is 31.0 Å². The fourth-order valence-electron chi connectivity index (χ4n) is 2.15. The summed E-state index contributed by atoms with van der Waals surface area (Å²) in [6.45, 7) is 5.06. The van der Waals surface area contributed by atoms with E-state index in [9.17, 15) is 4.79 Å². The van der Waals surface area contributed by atoms with Crippen molar-refractivity contribution in [3.05, 3.63) is 52.8 Å². The number of carbonyl (C=O) groups is 1. The number of aromatic nitrogens is 2. The van der Waals surface area contributed by atoms with Crippen LogP contribution in [0.4, 0.5) is 0 Å². The number of nitrogens with one attached hydrogen (secondary N) is 1. The smallest absolute Gasteiger partial charge is 0.242 e. The van der Waals surface area contributed by atoms with Crippen molar-refractivity contribution in [2.75, 3.05) is 0 Å². The highest BCUT2D eigenvalue weighted by atomic mass is 16.2. The third-order valence-electron chi connectivity index (χ3n) is 3.21. The summed E-state index contributed by atoms with van der Waals surface area (Å²) in [6.07, 6.45) is 0. The van der Waals surface area contributed by atoms with E-state index in [0.29, 0.717) is 13.1 Å². The maximum Gasteiger partial charge on any atom is 0.242 e. The molecule has 5 nitrogen and oxygen atoms in total. The van der Waals surface area contributed by atoms with Crippen LogP contribution in [0.15, 0.2) is 30.3 Å². The van der Waals surface area contributed by atoms with Crippen molar-refractivity contribution >= 4 is 5.91 Å². The molecule has 20 heavy (non-hydrogen) atoms. The van der Waals surface area contributed by atoms with Crippen molar-refractivity contribution in [2.45, 2.75) is 33.5 Å². The van der Waals surface area contributed by atoms with Crippen molar-refractivity contribution in [3.63, 3.8) is 0 Å². The fourth-order valence-corrected chi connectivity index (χ4v) is 2.15. The maximum atomic E-state index is 11.9. The lowest BCUT2D eigenvalue weighted by Gasteiger charge is -2.10. The Bertz CT molecular complexity index is 604. The number of hydrogen-bond acceptors (Lipinski definition) is 3. The van der Waals surface area contributed by atoms with E-state index < -0.39 is 0 Å². The summed E-state index contributed by atoms with van der Waals surface area (Å²) in [5.74, 6) is -0.0528. The minimum atomic E-state index is -0.0528. The molecule has 0 aliphatic carbocycles. The molecule has 0 saturated heterocycles. The van der Waals surface area contributed by atoms with Crippen LogP contribution in [0.5, 0.6) is 0 Å². The minimum absolute atomic E-state index is 0.0528. The lowest BCUT2D eigenvalue weighted by molar-refractivity contribution is -0.122. The third-order valence-corrected chi connectivity index (χ3v) is 3.21. The first kappa shape index (κ1) is 14.3. The van der Waals surface area contributed by atoms with Gasteiger partial charge >= 0.3 is 0 Å². The molecule has 0 fully saturated rings. The van der Waals surface area contributed by atoms with Crippen molar-refractivity contribution in [2.24, 2.45) is 5.73 Å². The predicted molar refractivity (Wildman–Crippen MR) is 77.9 cm³/mol. The Morgan fingerprint density at radius 3 is 2.60 bits per heavy atom. The largest absolute Gasteiger partial charge is 0.350 e. The van der Waals surface area contributed by atoms with Gasteiger partial charge in [0.15, 0.2) is 0 Å². The molecule has 3 N–H and O–H groups in total. The first-order valence-corrected chi connectivity index (χ1v) is 6.64. The van der Waals surface area contributed by atoms with E-state index >= 15 is 0 Å². The van der Waals surface area contributed by atoms with Crippen LogP contribution in [-0.4, -0.2) is 15.7 Å². The average Bonchev–Trinajstić information content (AvgIpc) is 2.75. The van der Waals surface area contributed by atoms with Crippen LogP contribution in [0.1, 0.15) is 22.5 Å². The van der Waals surface area contributed by atoms with Gasteiger partial charge in [-0.1, -0.05) is 24.3 Å². The molecule has 0 spiro atoms. The molecule has 1 aromatic heterocycles. The number of hydrogen-bond donors (Lipinski definition) is 2. The summed E-state index contributed by atoms with van der Waals surface area (Å²) in [4.78, 5) is 11.9. The lowest BCUT2D eigenvalue weighted by Crippen LogP contribution is -2.28. The fraction of sp³-hybridized carbons (Fsp3) is 0.333. The van der Waals surface area contributed by atoms with E-state index in [1.165, 1.54) is 0 Å². The van der Waals surface area contributed by atoms with Crippen LogP contribution in [0.3, 0.4) is 0 Å². The van der Waals surface area contributed by atoms with E-state index in [0.717, 1.165) is 22.5 Å². The lowest BCUT2D eigenvalue weighted by atomic mass is 10.1. The summed E-state index contributed by atoms with van der Waals surface area (Å²) < 4.78 is 1.71. The Balaban J connectivity index is 1.94. The van der Waals surface area contributed by atoms with Crippen LogP contribution in [0, 0.1) is 13.8 Å². The number of rotatable bonds is 5. The van der Waals surface area contributed by atoms with Gasteiger partial charge in [0.25, 0.3) is 0 Å².